The van der Waals surface area contributed by atoms with Crippen LogP contribution in [0.2, 0.25) is 5.02 Å². The van der Waals surface area contributed by atoms with Crippen molar-refractivity contribution in [2.75, 3.05) is 5.32 Å². The van der Waals surface area contributed by atoms with Gasteiger partial charge in [0.25, 0.3) is 0 Å². The Balaban J connectivity index is 1.34. The molecular formula is C26H22BrClN2O3. The first kappa shape index (κ1) is 21.1. The van der Waals surface area contributed by atoms with Crippen molar-refractivity contribution in [1.82, 2.24) is 4.90 Å². The zero-order valence-corrected chi connectivity index (χ0v) is 20.0. The van der Waals surface area contributed by atoms with Crippen molar-refractivity contribution >= 4 is 50.9 Å². The molecule has 0 aromatic heterocycles. The molecule has 2 bridgehead atoms. The van der Waals surface area contributed by atoms with Gasteiger partial charge in [-0.3, -0.25) is 19.3 Å². The monoisotopic (exact) mass is 524 g/mol. The number of anilines is 1. The molecule has 33 heavy (non-hydrogen) atoms. The highest BCUT2D eigenvalue weighted by atomic mass is 79.9. The summed E-state index contributed by atoms with van der Waals surface area (Å²) >= 11 is 9.69. The summed E-state index contributed by atoms with van der Waals surface area (Å²) in [6.45, 7) is 0. The largest absolute Gasteiger partial charge is 0.323 e. The first-order chi connectivity index (χ1) is 15.9. The highest BCUT2D eigenvalue weighted by Gasteiger charge is 2.67. The predicted octanol–water partition coefficient (Wildman–Crippen LogP) is 4.71. The summed E-state index contributed by atoms with van der Waals surface area (Å²) in [5.41, 5.74) is 1.33. The smallest absolute Gasteiger partial charge is 0.248 e. The van der Waals surface area contributed by atoms with E-state index in [1.807, 2.05) is 30.3 Å². The van der Waals surface area contributed by atoms with Crippen LogP contribution < -0.4 is 5.32 Å². The third-order valence-corrected chi connectivity index (χ3v) is 8.58. The molecule has 1 N–H and O–H groups in total. The number of benzene rings is 2. The van der Waals surface area contributed by atoms with E-state index in [1.54, 1.807) is 18.2 Å². The summed E-state index contributed by atoms with van der Waals surface area (Å²) in [5, 5.41) is 3.24. The number of carbonyl (C=O) groups is 3. The molecule has 7 heteroatoms. The van der Waals surface area contributed by atoms with E-state index in [1.165, 1.54) is 4.90 Å². The predicted molar refractivity (Wildman–Crippen MR) is 128 cm³/mol. The highest BCUT2D eigenvalue weighted by Crippen LogP contribution is 2.65. The third kappa shape index (κ3) is 3.38. The van der Waals surface area contributed by atoms with E-state index in [-0.39, 0.29) is 41.9 Å². The van der Waals surface area contributed by atoms with Crippen molar-refractivity contribution in [3.8, 4) is 0 Å². The normalized spacial score (nSPS) is 31.9. The molecule has 1 heterocycles. The number of likely N-dealkylation sites (tertiary alicyclic amines) is 1. The van der Waals surface area contributed by atoms with Crippen LogP contribution in [0.5, 0.6) is 0 Å². The standard InChI is InChI=1S/C26H22BrClN2O3/c27-14-6-9-20(19(28)11-14)29-24(31)21(10-13-4-2-1-3-5-13)30-25(32)22-15-7-8-16(18-12-17(15)18)23(22)26(30)33/h1-9,11,15-18,21-23H,10,12H2,(H,29,31)/t15-,16-,17-,18-,21+,22+,23+/m1/s1. The van der Waals surface area contributed by atoms with Crippen molar-refractivity contribution in [1.29, 1.82) is 0 Å². The second-order valence-electron chi connectivity index (χ2n) is 9.52. The molecule has 4 aliphatic carbocycles. The van der Waals surface area contributed by atoms with Crippen molar-refractivity contribution < 1.29 is 14.4 Å². The van der Waals surface area contributed by atoms with E-state index in [0.717, 1.165) is 16.5 Å². The van der Waals surface area contributed by atoms with Crippen LogP contribution in [0, 0.1) is 35.5 Å². The summed E-state index contributed by atoms with van der Waals surface area (Å²) in [6.07, 6.45) is 5.64. The topological polar surface area (TPSA) is 66.5 Å². The number of imide groups is 1. The van der Waals surface area contributed by atoms with E-state index < -0.39 is 11.9 Å². The van der Waals surface area contributed by atoms with Gasteiger partial charge < -0.3 is 5.32 Å². The molecule has 3 amide bonds. The van der Waals surface area contributed by atoms with E-state index in [0.29, 0.717) is 22.5 Å². The second kappa shape index (κ2) is 7.81. The number of nitrogens with zero attached hydrogens (tertiary/aromatic N) is 1. The zero-order chi connectivity index (χ0) is 22.9. The van der Waals surface area contributed by atoms with E-state index in [2.05, 4.69) is 33.4 Å². The van der Waals surface area contributed by atoms with Crippen molar-refractivity contribution in [3.05, 3.63) is 75.7 Å². The molecule has 168 valence electrons. The van der Waals surface area contributed by atoms with Crippen LogP contribution in [0.25, 0.3) is 0 Å². The molecule has 5 aliphatic rings. The van der Waals surface area contributed by atoms with Crippen LogP contribution in [0.3, 0.4) is 0 Å². The first-order valence-corrected chi connectivity index (χ1v) is 12.5. The maximum Gasteiger partial charge on any atom is 0.248 e. The van der Waals surface area contributed by atoms with Gasteiger partial charge in [0.2, 0.25) is 17.7 Å². The molecule has 2 saturated carbocycles. The summed E-state index contributed by atoms with van der Waals surface area (Å²) in [5.74, 6) is -0.214. The number of rotatable bonds is 5. The molecule has 7 atom stereocenters. The maximum absolute atomic E-state index is 13.7. The molecule has 2 aromatic rings. The Morgan fingerprint density at radius 3 is 2.27 bits per heavy atom. The van der Waals surface area contributed by atoms with Gasteiger partial charge in [-0.1, -0.05) is 70.0 Å². The lowest BCUT2D eigenvalue weighted by Crippen LogP contribution is -2.49. The average molecular weight is 526 g/mol. The minimum absolute atomic E-state index is 0.118. The van der Waals surface area contributed by atoms with Crippen LogP contribution in [0.4, 0.5) is 5.69 Å². The molecule has 2 aromatic carbocycles. The molecule has 5 nitrogen and oxygen atoms in total. The molecule has 0 unspecified atom stereocenters. The number of nitrogens with one attached hydrogen (secondary N) is 1. The molecule has 0 spiro atoms. The van der Waals surface area contributed by atoms with Crippen LogP contribution >= 0.6 is 27.5 Å². The van der Waals surface area contributed by atoms with Crippen LogP contribution in [0.15, 0.2) is 65.2 Å². The van der Waals surface area contributed by atoms with E-state index >= 15 is 0 Å². The maximum atomic E-state index is 13.7. The summed E-state index contributed by atoms with van der Waals surface area (Å²) in [7, 11) is 0. The lowest BCUT2D eigenvalue weighted by molar-refractivity contribution is -0.146. The number of allylic oxidation sites excluding steroid dienone is 2. The Morgan fingerprint density at radius 2 is 1.67 bits per heavy atom. The molecule has 1 aliphatic heterocycles. The van der Waals surface area contributed by atoms with Gasteiger partial charge in [0.05, 0.1) is 22.5 Å². The molecule has 0 radical (unpaired) electrons. The van der Waals surface area contributed by atoms with Crippen LogP contribution in [-0.4, -0.2) is 28.7 Å². The van der Waals surface area contributed by atoms with Gasteiger partial charge in [-0.2, -0.15) is 0 Å². The van der Waals surface area contributed by atoms with Gasteiger partial charge in [-0.15, -0.1) is 0 Å². The Kier molecular flexibility index (Phi) is 5.00. The summed E-state index contributed by atoms with van der Waals surface area (Å²) < 4.78 is 0.793. The van der Waals surface area contributed by atoms with Crippen LogP contribution in [-0.2, 0) is 20.8 Å². The third-order valence-electron chi connectivity index (χ3n) is 7.77. The van der Waals surface area contributed by atoms with Gasteiger partial charge in [-0.25, -0.2) is 0 Å². The highest BCUT2D eigenvalue weighted by molar-refractivity contribution is 9.10. The van der Waals surface area contributed by atoms with Gasteiger partial charge in [-0.05, 0) is 53.9 Å². The lowest BCUT2D eigenvalue weighted by atomic mass is 9.63. The fraction of sp³-hybridized carbons (Fsp3) is 0.346. The Morgan fingerprint density at radius 1 is 1.03 bits per heavy atom. The Labute approximate surface area is 205 Å². The van der Waals surface area contributed by atoms with Gasteiger partial charge in [0.1, 0.15) is 6.04 Å². The van der Waals surface area contributed by atoms with Crippen LogP contribution in [0.1, 0.15) is 12.0 Å². The number of amides is 3. The quantitative estimate of drug-likeness (QED) is 0.454. The number of hydrogen-bond donors (Lipinski definition) is 1. The van der Waals surface area contributed by atoms with Crippen molar-refractivity contribution in [3.63, 3.8) is 0 Å². The zero-order valence-electron chi connectivity index (χ0n) is 17.7. The number of halogens is 2. The Hall–Kier alpha value is -2.44. The van der Waals surface area contributed by atoms with Gasteiger partial charge in [0, 0.05) is 10.9 Å². The molecular weight excluding hydrogens is 504 g/mol. The number of hydrogen-bond acceptors (Lipinski definition) is 3. The number of carbonyl (C=O) groups excluding carboxylic acids is 3. The second-order valence-corrected chi connectivity index (χ2v) is 10.8. The van der Waals surface area contributed by atoms with Gasteiger partial charge in [0.15, 0.2) is 0 Å². The lowest BCUT2D eigenvalue weighted by Gasteiger charge is -2.37. The SMILES string of the molecule is O=C(Nc1ccc(Br)cc1Cl)[C@H](Cc1ccccc1)N1C(=O)[C@H]2[C@@H]3C=C[C@H]([C@H]4C[C@H]34)[C@@H]2C1=O. The Bertz CT molecular complexity index is 1160. The first-order valence-electron chi connectivity index (χ1n) is 11.3. The minimum atomic E-state index is -0.937. The van der Waals surface area contributed by atoms with Gasteiger partial charge >= 0.3 is 0 Å². The minimum Gasteiger partial charge on any atom is -0.323 e. The van der Waals surface area contributed by atoms with Crippen molar-refractivity contribution in [2.45, 2.75) is 18.9 Å². The van der Waals surface area contributed by atoms with E-state index in [9.17, 15) is 14.4 Å². The molecule has 1 saturated heterocycles. The average Bonchev–Trinajstić information content (AvgIpc) is 3.59. The fourth-order valence-corrected chi connectivity index (χ4v) is 6.95. The van der Waals surface area contributed by atoms with E-state index in [4.69, 9.17) is 11.6 Å². The molecule has 7 rings (SSSR count). The summed E-state index contributed by atoms with van der Waals surface area (Å²) in [6, 6.07) is 13.7. The van der Waals surface area contributed by atoms with Crippen molar-refractivity contribution in [2.24, 2.45) is 35.5 Å². The fourth-order valence-electron chi connectivity index (χ4n) is 6.23. The summed E-state index contributed by atoms with van der Waals surface area (Å²) in [4.78, 5) is 42.1. The molecule has 3 fully saturated rings.